The molecule has 0 spiro atoms. The molecule has 0 saturated carbocycles. The fourth-order valence-electron chi connectivity index (χ4n) is 1.54. The van der Waals surface area contributed by atoms with Crippen LogP contribution in [0.3, 0.4) is 0 Å². The van der Waals surface area contributed by atoms with Crippen LogP contribution in [0.1, 0.15) is 18.4 Å². The Kier molecular flexibility index (Phi) is 4.97. The number of nitrogens with one attached hydrogen (secondary N) is 1. The molecule has 1 amide bonds. The van der Waals surface area contributed by atoms with Crippen molar-refractivity contribution in [3.05, 3.63) is 23.8 Å². The first-order chi connectivity index (χ1) is 7.99. The zero-order chi connectivity index (χ0) is 12.8. The van der Waals surface area contributed by atoms with Gasteiger partial charge in [-0.05, 0) is 51.7 Å². The number of anilines is 2. The molecule has 4 heteroatoms. The average Bonchev–Trinajstić information content (AvgIpc) is 2.23. The van der Waals surface area contributed by atoms with Gasteiger partial charge >= 0.3 is 0 Å². The summed E-state index contributed by atoms with van der Waals surface area (Å²) < 4.78 is 0. The molecule has 0 aliphatic heterocycles. The molecule has 1 aromatic carbocycles. The highest BCUT2D eigenvalue weighted by Gasteiger charge is 2.05. The van der Waals surface area contributed by atoms with Crippen molar-refractivity contribution in [2.75, 3.05) is 31.7 Å². The lowest BCUT2D eigenvalue weighted by atomic mass is 10.1. The molecule has 0 fully saturated rings. The number of benzene rings is 1. The second kappa shape index (κ2) is 6.25. The number of nitrogens with zero attached hydrogens (tertiary/aromatic N) is 1. The third-order valence-corrected chi connectivity index (χ3v) is 2.54. The van der Waals surface area contributed by atoms with E-state index < -0.39 is 0 Å². The molecule has 1 rings (SSSR count). The maximum absolute atomic E-state index is 11.7. The second-order valence-electron chi connectivity index (χ2n) is 4.53. The lowest BCUT2D eigenvalue weighted by Crippen LogP contribution is -2.17. The van der Waals surface area contributed by atoms with Crippen LogP contribution in [0.2, 0.25) is 0 Å². The third kappa shape index (κ3) is 4.87. The summed E-state index contributed by atoms with van der Waals surface area (Å²) in [7, 11) is 4.00. The molecule has 0 atom stereocenters. The predicted molar refractivity (Wildman–Crippen MR) is 72.0 cm³/mol. The Balaban J connectivity index is 2.47. The summed E-state index contributed by atoms with van der Waals surface area (Å²) in [6.45, 7) is 2.87. The molecule has 17 heavy (non-hydrogen) atoms. The van der Waals surface area contributed by atoms with E-state index >= 15 is 0 Å². The van der Waals surface area contributed by atoms with Crippen LogP contribution in [0.5, 0.6) is 0 Å². The SMILES string of the molecule is Cc1ccc(N)cc1NC(=O)CCCN(C)C. The number of nitrogen functional groups attached to an aromatic ring is 1. The second-order valence-corrected chi connectivity index (χ2v) is 4.53. The molecule has 0 aliphatic carbocycles. The van der Waals surface area contributed by atoms with Crippen LogP contribution in [-0.2, 0) is 4.79 Å². The standard InChI is InChI=1S/C13H21N3O/c1-10-6-7-11(14)9-12(10)15-13(17)5-4-8-16(2)3/h6-7,9H,4-5,8,14H2,1-3H3,(H,15,17). The van der Waals surface area contributed by atoms with Gasteiger partial charge in [-0.25, -0.2) is 0 Å². The molecular formula is C13H21N3O. The van der Waals surface area contributed by atoms with Crippen LogP contribution in [0.4, 0.5) is 11.4 Å². The number of hydrogen-bond donors (Lipinski definition) is 2. The highest BCUT2D eigenvalue weighted by atomic mass is 16.1. The maximum Gasteiger partial charge on any atom is 0.224 e. The van der Waals surface area contributed by atoms with Crippen molar-refractivity contribution in [2.45, 2.75) is 19.8 Å². The number of carbonyl (C=O) groups is 1. The molecule has 0 radical (unpaired) electrons. The molecule has 3 N–H and O–H groups in total. The number of carbonyl (C=O) groups excluding carboxylic acids is 1. The molecule has 0 bridgehead atoms. The lowest BCUT2D eigenvalue weighted by molar-refractivity contribution is -0.116. The van der Waals surface area contributed by atoms with E-state index in [0.717, 1.165) is 24.2 Å². The van der Waals surface area contributed by atoms with Gasteiger partial charge in [0.1, 0.15) is 0 Å². The van der Waals surface area contributed by atoms with Gasteiger partial charge in [0.15, 0.2) is 0 Å². The molecule has 0 aliphatic rings. The summed E-state index contributed by atoms with van der Waals surface area (Å²) >= 11 is 0. The first kappa shape index (κ1) is 13.5. The maximum atomic E-state index is 11.7. The normalized spacial score (nSPS) is 10.6. The number of nitrogens with two attached hydrogens (primary N) is 1. The summed E-state index contributed by atoms with van der Waals surface area (Å²) in [5, 5.41) is 2.89. The molecular weight excluding hydrogens is 214 g/mol. The highest BCUT2D eigenvalue weighted by Crippen LogP contribution is 2.18. The van der Waals surface area contributed by atoms with E-state index in [0.29, 0.717) is 12.1 Å². The highest BCUT2D eigenvalue weighted by molar-refractivity contribution is 5.91. The van der Waals surface area contributed by atoms with E-state index in [9.17, 15) is 4.79 Å². The summed E-state index contributed by atoms with van der Waals surface area (Å²) in [4.78, 5) is 13.8. The molecule has 94 valence electrons. The summed E-state index contributed by atoms with van der Waals surface area (Å²) in [6, 6.07) is 5.53. The number of amides is 1. The minimum atomic E-state index is 0.0422. The number of rotatable bonds is 5. The Morgan fingerprint density at radius 2 is 2.12 bits per heavy atom. The Morgan fingerprint density at radius 1 is 1.41 bits per heavy atom. The van der Waals surface area contributed by atoms with Gasteiger partial charge in [-0.2, -0.15) is 0 Å². The van der Waals surface area contributed by atoms with Gasteiger partial charge in [0.2, 0.25) is 5.91 Å². The van der Waals surface area contributed by atoms with Crippen LogP contribution < -0.4 is 11.1 Å². The summed E-state index contributed by atoms with van der Waals surface area (Å²) in [6.07, 6.45) is 1.40. The molecule has 4 nitrogen and oxygen atoms in total. The lowest BCUT2D eigenvalue weighted by Gasteiger charge is -2.11. The molecule has 0 heterocycles. The Labute approximate surface area is 103 Å². The largest absolute Gasteiger partial charge is 0.399 e. The van der Waals surface area contributed by atoms with Gasteiger partial charge in [-0.1, -0.05) is 6.07 Å². The average molecular weight is 235 g/mol. The molecule has 0 aromatic heterocycles. The van der Waals surface area contributed by atoms with Gasteiger partial charge in [0, 0.05) is 17.8 Å². The van der Waals surface area contributed by atoms with Crippen molar-refractivity contribution in [2.24, 2.45) is 0 Å². The van der Waals surface area contributed by atoms with Gasteiger partial charge in [-0.15, -0.1) is 0 Å². The van der Waals surface area contributed by atoms with Crippen molar-refractivity contribution in [1.29, 1.82) is 0 Å². The van der Waals surface area contributed by atoms with Crippen LogP contribution in [-0.4, -0.2) is 31.4 Å². The van der Waals surface area contributed by atoms with Gasteiger partial charge < -0.3 is 16.0 Å². The van der Waals surface area contributed by atoms with Crippen molar-refractivity contribution in [1.82, 2.24) is 4.90 Å². The Morgan fingerprint density at radius 3 is 2.76 bits per heavy atom. The first-order valence-corrected chi connectivity index (χ1v) is 5.80. The number of hydrogen-bond acceptors (Lipinski definition) is 3. The first-order valence-electron chi connectivity index (χ1n) is 5.80. The topological polar surface area (TPSA) is 58.4 Å². The predicted octanol–water partition coefficient (Wildman–Crippen LogP) is 1.86. The van der Waals surface area contributed by atoms with Crippen molar-refractivity contribution in [3.63, 3.8) is 0 Å². The van der Waals surface area contributed by atoms with E-state index in [4.69, 9.17) is 5.73 Å². The van der Waals surface area contributed by atoms with E-state index in [1.54, 1.807) is 6.07 Å². The van der Waals surface area contributed by atoms with Crippen molar-refractivity contribution in [3.8, 4) is 0 Å². The molecule has 0 unspecified atom stereocenters. The zero-order valence-corrected chi connectivity index (χ0v) is 10.8. The van der Waals surface area contributed by atoms with Crippen molar-refractivity contribution >= 4 is 17.3 Å². The fourth-order valence-corrected chi connectivity index (χ4v) is 1.54. The van der Waals surface area contributed by atoms with Crippen LogP contribution in [0.15, 0.2) is 18.2 Å². The summed E-state index contributed by atoms with van der Waals surface area (Å²) in [5.74, 6) is 0.0422. The Bertz CT molecular complexity index is 388. The van der Waals surface area contributed by atoms with Gasteiger partial charge in [-0.3, -0.25) is 4.79 Å². The van der Waals surface area contributed by atoms with Crippen molar-refractivity contribution < 1.29 is 4.79 Å². The molecule has 0 saturated heterocycles. The minimum absolute atomic E-state index is 0.0422. The van der Waals surface area contributed by atoms with Gasteiger partial charge in [0.05, 0.1) is 0 Å². The zero-order valence-electron chi connectivity index (χ0n) is 10.8. The third-order valence-electron chi connectivity index (χ3n) is 2.54. The minimum Gasteiger partial charge on any atom is -0.399 e. The Hall–Kier alpha value is -1.55. The monoisotopic (exact) mass is 235 g/mol. The van der Waals surface area contributed by atoms with E-state index in [1.807, 2.05) is 33.2 Å². The van der Waals surface area contributed by atoms with Crippen LogP contribution in [0.25, 0.3) is 0 Å². The molecule has 1 aromatic rings. The van der Waals surface area contributed by atoms with Crippen LogP contribution >= 0.6 is 0 Å². The smallest absolute Gasteiger partial charge is 0.224 e. The van der Waals surface area contributed by atoms with E-state index in [1.165, 1.54) is 0 Å². The van der Waals surface area contributed by atoms with Crippen LogP contribution in [0, 0.1) is 6.92 Å². The van der Waals surface area contributed by atoms with E-state index in [-0.39, 0.29) is 5.91 Å². The van der Waals surface area contributed by atoms with E-state index in [2.05, 4.69) is 10.2 Å². The van der Waals surface area contributed by atoms with Gasteiger partial charge in [0.25, 0.3) is 0 Å². The quantitative estimate of drug-likeness (QED) is 0.766. The summed E-state index contributed by atoms with van der Waals surface area (Å²) in [5.41, 5.74) is 8.18. The fraction of sp³-hybridized carbons (Fsp3) is 0.462. The number of aryl methyl sites for hydroxylation is 1.